The number of rotatable bonds is 4. The van der Waals surface area contributed by atoms with E-state index in [0.29, 0.717) is 37.9 Å². The molecule has 1 aromatic carbocycles. The Morgan fingerprint density at radius 2 is 2.08 bits per heavy atom. The quantitative estimate of drug-likeness (QED) is 0.367. The summed E-state index contributed by atoms with van der Waals surface area (Å²) in [6, 6.07) is 8.47. The molecule has 0 saturated carbocycles. The van der Waals surface area contributed by atoms with Crippen LogP contribution in [-0.2, 0) is 5.75 Å². The van der Waals surface area contributed by atoms with Crippen molar-refractivity contribution >= 4 is 51.6 Å². The first-order chi connectivity index (χ1) is 12.5. The number of thioether (sulfide) groups is 1. The molecule has 4 rings (SSSR count). The minimum atomic E-state index is -0.418. The highest BCUT2D eigenvalue weighted by molar-refractivity contribution is 7.98. The van der Waals surface area contributed by atoms with Gasteiger partial charge >= 0.3 is 5.63 Å². The van der Waals surface area contributed by atoms with Gasteiger partial charge in [0.25, 0.3) is 0 Å². The van der Waals surface area contributed by atoms with Crippen LogP contribution in [0.2, 0.25) is 10.0 Å². The molecule has 0 amide bonds. The number of hydrogen-bond donors (Lipinski definition) is 0. The van der Waals surface area contributed by atoms with Crippen molar-refractivity contribution in [3.8, 4) is 5.75 Å². The molecule has 132 valence electrons. The van der Waals surface area contributed by atoms with Crippen LogP contribution in [0.3, 0.4) is 0 Å². The topological polar surface area (TPSA) is 69.6 Å². The highest BCUT2D eigenvalue weighted by Gasteiger charge is 2.13. The molecule has 4 aromatic rings. The summed E-state index contributed by atoms with van der Waals surface area (Å²) < 4.78 is 12.2. The second-order valence-electron chi connectivity index (χ2n) is 5.42. The van der Waals surface area contributed by atoms with Crippen LogP contribution in [0.1, 0.15) is 5.56 Å². The zero-order valence-corrected chi connectivity index (χ0v) is 15.7. The number of ether oxygens (including phenoxy) is 1. The van der Waals surface area contributed by atoms with Crippen molar-refractivity contribution in [3.05, 3.63) is 62.6 Å². The van der Waals surface area contributed by atoms with Crippen LogP contribution in [0.25, 0.3) is 16.6 Å². The highest BCUT2D eigenvalue weighted by Crippen LogP contribution is 2.30. The number of pyridine rings is 1. The van der Waals surface area contributed by atoms with E-state index in [1.165, 1.54) is 17.8 Å². The van der Waals surface area contributed by atoms with E-state index in [1.54, 1.807) is 29.8 Å². The molecule has 6 nitrogen and oxygen atoms in total. The minimum Gasteiger partial charge on any atom is -0.497 e. The molecular weight excluding hydrogens is 397 g/mol. The Morgan fingerprint density at radius 3 is 2.88 bits per heavy atom. The van der Waals surface area contributed by atoms with Gasteiger partial charge in [0.1, 0.15) is 11.3 Å². The Bertz CT molecular complexity index is 1190. The standard InChI is InChI=1S/C17H11Cl2N3O3S/c1-24-11-2-3-12-9(4-15(23)25-14(12)6-11)8-26-17-21-20-16-13(19)5-10(18)7-22(16)17/h2-7H,8H2,1H3. The molecule has 0 unspecified atom stereocenters. The maximum Gasteiger partial charge on any atom is 0.336 e. The van der Waals surface area contributed by atoms with E-state index in [9.17, 15) is 4.79 Å². The number of benzene rings is 1. The third-order valence-electron chi connectivity index (χ3n) is 3.79. The molecule has 0 aliphatic carbocycles. The Labute approximate surface area is 161 Å². The number of hydrogen-bond acceptors (Lipinski definition) is 6. The van der Waals surface area contributed by atoms with Crippen LogP contribution in [0.15, 0.2) is 50.9 Å². The number of halogens is 2. The van der Waals surface area contributed by atoms with Gasteiger partial charge in [0.05, 0.1) is 17.2 Å². The maximum absolute atomic E-state index is 11.9. The fraction of sp³-hybridized carbons (Fsp3) is 0.118. The van der Waals surface area contributed by atoms with Gasteiger partial charge in [-0.25, -0.2) is 4.79 Å². The predicted molar refractivity (Wildman–Crippen MR) is 102 cm³/mol. The summed E-state index contributed by atoms with van der Waals surface area (Å²) in [6.07, 6.45) is 1.70. The van der Waals surface area contributed by atoms with Crippen LogP contribution in [0.4, 0.5) is 0 Å². The zero-order chi connectivity index (χ0) is 18.3. The molecule has 9 heteroatoms. The Balaban J connectivity index is 1.71. The number of fused-ring (bicyclic) bond motifs is 2. The van der Waals surface area contributed by atoms with Gasteiger partial charge in [0, 0.05) is 29.5 Å². The Kier molecular flexibility index (Phi) is 4.52. The lowest BCUT2D eigenvalue weighted by molar-refractivity contribution is 0.414. The molecule has 0 bridgehead atoms. The molecule has 0 aliphatic heterocycles. The molecule has 0 saturated heterocycles. The fourth-order valence-corrected chi connectivity index (χ4v) is 4.01. The van der Waals surface area contributed by atoms with Gasteiger partial charge in [-0.1, -0.05) is 35.0 Å². The largest absolute Gasteiger partial charge is 0.497 e. The van der Waals surface area contributed by atoms with Gasteiger partial charge in [-0.15, -0.1) is 10.2 Å². The van der Waals surface area contributed by atoms with Crippen LogP contribution in [-0.4, -0.2) is 21.7 Å². The van der Waals surface area contributed by atoms with Crippen molar-refractivity contribution in [1.29, 1.82) is 0 Å². The number of methoxy groups -OCH3 is 1. The third-order valence-corrected chi connectivity index (χ3v) is 5.27. The summed E-state index contributed by atoms with van der Waals surface area (Å²) in [6.45, 7) is 0. The molecule has 0 fully saturated rings. The summed E-state index contributed by atoms with van der Waals surface area (Å²) in [5.41, 5.74) is 1.41. The van der Waals surface area contributed by atoms with E-state index in [1.807, 2.05) is 12.1 Å². The molecule has 0 aliphatic rings. The lowest BCUT2D eigenvalue weighted by Gasteiger charge is -2.06. The first-order valence-corrected chi connectivity index (χ1v) is 9.22. The Hall–Kier alpha value is -2.22. The smallest absolute Gasteiger partial charge is 0.336 e. The molecule has 26 heavy (non-hydrogen) atoms. The van der Waals surface area contributed by atoms with Gasteiger partial charge in [-0.3, -0.25) is 4.40 Å². The lowest BCUT2D eigenvalue weighted by Crippen LogP contribution is -2.00. The molecule has 3 aromatic heterocycles. The van der Waals surface area contributed by atoms with E-state index in [2.05, 4.69) is 10.2 Å². The lowest BCUT2D eigenvalue weighted by atomic mass is 10.1. The van der Waals surface area contributed by atoms with Crippen LogP contribution in [0, 0.1) is 0 Å². The normalized spacial score (nSPS) is 11.3. The number of aromatic nitrogens is 3. The van der Waals surface area contributed by atoms with E-state index < -0.39 is 5.63 Å². The Morgan fingerprint density at radius 1 is 1.23 bits per heavy atom. The van der Waals surface area contributed by atoms with Gasteiger partial charge in [0.15, 0.2) is 10.8 Å². The summed E-state index contributed by atoms with van der Waals surface area (Å²) in [5.74, 6) is 1.12. The van der Waals surface area contributed by atoms with E-state index in [0.717, 1.165) is 10.9 Å². The predicted octanol–water partition coefficient (Wildman–Crippen LogP) is 4.44. The zero-order valence-electron chi connectivity index (χ0n) is 13.4. The van der Waals surface area contributed by atoms with Gasteiger partial charge < -0.3 is 9.15 Å². The summed E-state index contributed by atoms with van der Waals surface area (Å²) in [7, 11) is 1.56. The first-order valence-electron chi connectivity index (χ1n) is 7.48. The van der Waals surface area contributed by atoms with Crippen LogP contribution < -0.4 is 10.4 Å². The first kappa shape index (κ1) is 17.2. The highest BCUT2D eigenvalue weighted by atomic mass is 35.5. The van der Waals surface area contributed by atoms with Crippen molar-refractivity contribution in [2.75, 3.05) is 7.11 Å². The molecule has 0 atom stereocenters. The average Bonchev–Trinajstić information content (AvgIpc) is 3.02. The van der Waals surface area contributed by atoms with E-state index in [4.69, 9.17) is 32.4 Å². The average molecular weight is 408 g/mol. The van der Waals surface area contributed by atoms with Crippen molar-refractivity contribution in [1.82, 2.24) is 14.6 Å². The van der Waals surface area contributed by atoms with Gasteiger partial charge in [0.2, 0.25) is 0 Å². The molecule has 0 N–H and O–H groups in total. The molecule has 0 spiro atoms. The summed E-state index contributed by atoms with van der Waals surface area (Å²) in [5, 5.41) is 10.6. The van der Waals surface area contributed by atoms with Crippen molar-refractivity contribution in [3.63, 3.8) is 0 Å². The second-order valence-corrected chi connectivity index (χ2v) is 7.21. The molecule has 0 radical (unpaired) electrons. The summed E-state index contributed by atoms with van der Waals surface area (Å²) >= 11 is 13.6. The van der Waals surface area contributed by atoms with Gasteiger partial charge in [-0.2, -0.15) is 0 Å². The molecular formula is C17H11Cl2N3O3S. The van der Waals surface area contributed by atoms with Crippen molar-refractivity contribution < 1.29 is 9.15 Å². The van der Waals surface area contributed by atoms with Crippen molar-refractivity contribution in [2.45, 2.75) is 10.9 Å². The number of nitrogens with zero attached hydrogens (tertiary/aromatic N) is 3. The molecule has 3 heterocycles. The van der Waals surface area contributed by atoms with Crippen LogP contribution in [0.5, 0.6) is 5.75 Å². The minimum absolute atomic E-state index is 0.418. The third kappa shape index (κ3) is 3.13. The monoisotopic (exact) mass is 407 g/mol. The summed E-state index contributed by atoms with van der Waals surface area (Å²) in [4.78, 5) is 11.9. The maximum atomic E-state index is 11.9. The second kappa shape index (κ2) is 6.83. The van der Waals surface area contributed by atoms with Gasteiger partial charge in [-0.05, 0) is 23.8 Å². The van der Waals surface area contributed by atoms with Crippen LogP contribution >= 0.6 is 35.0 Å². The van der Waals surface area contributed by atoms with Crippen molar-refractivity contribution in [2.24, 2.45) is 0 Å². The van der Waals surface area contributed by atoms with E-state index in [-0.39, 0.29) is 0 Å². The fourth-order valence-electron chi connectivity index (χ4n) is 2.60. The SMILES string of the molecule is COc1ccc2c(CSc3nnc4c(Cl)cc(Cl)cn34)cc(=O)oc2c1. The van der Waals surface area contributed by atoms with E-state index >= 15 is 0 Å².